The predicted molar refractivity (Wildman–Crippen MR) is 64.1 cm³/mol. The monoisotopic (exact) mass is 270 g/mol. The standard InChI is InChI=1S/C9H9NO8.Be.2H/c11-3-1-2(5(13)7(15)6(3)14)10(18)9(17)8(16)4(1)12;;;/h9,11-18H;;;. The van der Waals surface area contributed by atoms with Crippen molar-refractivity contribution >= 4 is 21.6 Å². The van der Waals surface area contributed by atoms with E-state index in [-0.39, 0.29) is 15.2 Å². The van der Waals surface area contributed by atoms with Crippen molar-refractivity contribution in [3.63, 3.8) is 0 Å². The number of hydrogen-bond donors (Lipinski definition) is 8. The number of nitrogens with zero attached hydrogens (tertiary/aromatic N) is 1. The van der Waals surface area contributed by atoms with Gasteiger partial charge in [0.05, 0.1) is 5.56 Å². The van der Waals surface area contributed by atoms with Crippen molar-refractivity contribution in [3.05, 3.63) is 11.3 Å². The number of anilines is 1. The van der Waals surface area contributed by atoms with Crippen LogP contribution in [0.3, 0.4) is 0 Å². The van der Waals surface area contributed by atoms with E-state index in [2.05, 4.69) is 0 Å². The molecule has 1 aliphatic rings. The number of hydroxylamine groups is 1. The van der Waals surface area contributed by atoms with Crippen LogP contribution in [0.5, 0.6) is 23.0 Å². The Morgan fingerprint density at radius 2 is 1.26 bits per heavy atom. The van der Waals surface area contributed by atoms with Gasteiger partial charge >= 0.3 is 10.1 Å². The second-order valence-electron chi connectivity index (χ2n) is 3.57. The first-order chi connectivity index (χ1) is 8.29. The zero-order valence-corrected chi connectivity index (χ0v) is 8.60. The second-order valence-corrected chi connectivity index (χ2v) is 3.57. The number of aliphatic hydroxyl groups is 3. The van der Waals surface area contributed by atoms with E-state index >= 15 is 0 Å². The molecule has 0 fully saturated rings. The molecule has 19 heavy (non-hydrogen) atoms. The molecule has 0 aromatic heterocycles. The first-order valence-electron chi connectivity index (χ1n) is 4.57. The molecule has 0 bridgehead atoms. The van der Waals surface area contributed by atoms with Crippen molar-refractivity contribution in [2.75, 3.05) is 5.06 Å². The minimum absolute atomic E-state index is 0. The first-order valence-corrected chi connectivity index (χ1v) is 4.57. The first kappa shape index (κ1) is 14.7. The summed E-state index contributed by atoms with van der Waals surface area (Å²) in [6.07, 6.45) is -2.10. The van der Waals surface area contributed by atoms with E-state index in [1.807, 2.05) is 0 Å². The van der Waals surface area contributed by atoms with Gasteiger partial charge in [-0.3, -0.25) is 5.21 Å². The SMILES string of the molecule is OC1=C(O)C(O)N(O)c2c(O)c(O)c(O)c(O)c21.[BeH2]. The summed E-state index contributed by atoms with van der Waals surface area (Å²) in [6.45, 7) is 0. The molecule has 2 rings (SSSR count). The molecule has 0 saturated carbocycles. The Bertz CT molecular complexity index is 572. The van der Waals surface area contributed by atoms with Gasteiger partial charge in [-0.1, -0.05) is 0 Å². The summed E-state index contributed by atoms with van der Waals surface area (Å²) < 4.78 is 0. The quantitative estimate of drug-likeness (QED) is 0.166. The molecule has 102 valence electrons. The number of aliphatic hydroxyl groups excluding tert-OH is 3. The molecule has 0 saturated heterocycles. The molecule has 1 aromatic rings. The molecule has 0 amide bonds. The molecule has 9 nitrogen and oxygen atoms in total. The van der Waals surface area contributed by atoms with Crippen molar-refractivity contribution < 1.29 is 41.0 Å². The summed E-state index contributed by atoms with van der Waals surface area (Å²) in [6, 6.07) is 0. The summed E-state index contributed by atoms with van der Waals surface area (Å²) >= 11 is 0. The number of hydrogen-bond acceptors (Lipinski definition) is 9. The molecule has 0 aliphatic carbocycles. The van der Waals surface area contributed by atoms with Crippen LogP contribution >= 0.6 is 0 Å². The average Bonchev–Trinajstić information content (AvgIpc) is 2.35. The summed E-state index contributed by atoms with van der Waals surface area (Å²) in [4.78, 5) is 0. The molecular weight excluding hydrogens is 259 g/mol. The van der Waals surface area contributed by atoms with E-state index in [0.29, 0.717) is 0 Å². The predicted octanol–water partition coefficient (Wildman–Crippen LogP) is -1.09. The maximum absolute atomic E-state index is 9.51. The number of fused-ring (bicyclic) bond motifs is 1. The van der Waals surface area contributed by atoms with E-state index in [1.165, 1.54) is 0 Å². The van der Waals surface area contributed by atoms with Crippen molar-refractivity contribution in [1.29, 1.82) is 0 Å². The number of aromatic hydroxyl groups is 4. The van der Waals surface area contributed by atoms with Crippen molar-refractivity contribution in [2.24, 2.45) is 0 Å². The summed E-state index contributed by atoms with van der Waals surface area (Å²) in [5.41, 5.74) is -1.52. The van der Waals surface area contributed by atoms with Crippen molar-refractivity contribution in [1.82, 2.24) is 0 Å². The van der Waals surface area contributed by atoms with Crippen LogP contribution in [0.4, 0.5) is 5.69 Å². The summed E-state index contributed by atoms with van der Waals surface area (Å²) in [7, 11) is 0. The Kier molecular flexibility index (Phi) is 3.40. The molecule has 0 spiro atoms. The van der Waals surface area contributed by atoms with E-state index in [4.69, 9.17) is 0 Å². The van der Waals surface area contributed by atoms with E-state index < -0.39 is 52.0 Å². The topological polar surface area (TPSA) is 165 Å². The van der Waals surface area contributed by atoms with Gasteiger partial charge in [-0.15, -0.1) is 0 Å². The van der Waals surface area contributed by atoms with E-state index in [0.717, 1.165) is 0 Å². The fourth-order valence-electron chi connectivity index (χ4n) is 1.62. The minimum atomic E-state index is -2.10. The van der Waals surface area contributed by atoms with E-state index in [1.54, 1.807) is 0 Å². The van der Waals surface area contributed by atoms with Gasteiger partial charge in [-0.2, -0.15) is 0 Å². The molecule has 1 heterocycles. The normalized spacial score (nSPS) is 18.0. The number of benzene rings is 1. The Hall–Kier alpha value is -2.35. The van der Waals surface area contributed by atoms with Crippen molar-refractivity contribution in [3.8, 4) is 23.0 Å². The molecule has 1 unspecified atom stereocenters. The number of phenols is 4. The third kappa shape index (κ3) is 1.68. The summed E-state index contributed by atoms with van der Waals surface area (Å²) in [5, 5.41) is 75.0. The van der Waals surface area contributed by atoms with Crippen LogP contribution in [-0.4, -0.2) is 57.3 Å². The van der Waals surface area contributed by atoms with Gasteiger partial charge in [-0.25, -0.2) is 5.06 Å². The van der Waals surface area contributed by atoms with Gasteiger partial charge in [0.15, 0.2) is 23.0 Å². The maximum atomic E-state index is 9.51. The zero-order chi connectivity index (χ0) is 13.8. The molecule has 1 aromatic carbocycles. The molecular formula is C9H11BeNO8. The van der Waals surface area contributed by atoms with Gasteiger partial charge in [0.2, 0.25) is 17.7 Å². The molecule has 1 aliphatic heterocycles. The van der Waals surface area contributed by atoms with Gasteiger partial charge in [0.25, 0.3) is 0 Å². The molecule has 10 heteroatoms. The Morgan fingerprint density at radius 3 is 1.79 bits per heavy atom. The molecule has 8 N–H and O–H groups in total. The van der Waals surface area contributed by atoms with E-state index in [9.17, 15) is 41.0 Å². The average molecular weight is 270 g/mol. The Labute approximate surface area is 109 Å². The van der Waals surface area contributed by atoms with Crippen LogP contribution in [0.2, 0.25) is 0 Å². The van der Waals surface area contributed by atoms with Crippen LogP contribution in [0.25, 0.3) is 5.76 Å². The number of rotatable bonds is 0. The van der Waals surface area contributed by atoms with Crippen LogP contribution in [0.15, 0.2) is 5.76 Å². The van der Waals surface area contributed by atoms with Crippen LogP contribution < -0.4 is 5.06 Å². The fourth-order valence-corrected chi connectivity index (χ4v) is 1.62. The summed E-state index contributed by atoms with van der Waals surface area (Å²) in [5.74, 6) is -6.67. The Morgan fingerprint density at radius 1 is 0.789 bits per heavy atom. The second kappa shape index (κ2) is 4.39. The molecule has 1 atom stereocenters. The van der Waals surface area contributed by atoms with Gasteiger partial charge < -0.3 is 35.7 Å². The van der Waals surface area contributed by atoms with Gasteiger partial charge in [0, 0.05) is 0 Å². The zero-order valence-electron chi connectivity index (χ0n) is 8.60. The molecule has 0 radical (unpaired) electrons. The third-order valence-electron chi connectivity index (χ3n) is 2.56. The van der Waals surface area contributed by atoms with Crippen molar-refractivity contribution in [2.45, 2.75) is 6.23 Å². The fraction of sp³-hybridized carbons (Fsp3) is 0.111. The number of phenolic OH excluding ortho intramolecular Hbond substituents is 4. The Balaban J connectivity index is 0.00000180. The van der Waals surface area contributed by atoms with Crippen LogP contribution in [0.1, 0.15) is 5.56 Å². The third-order valence-corrected chi connectivity index (χ3v) is 2.56. The van der Waals surface area contributed by atoms with Gasteiger partial charge in [0.1, 0.15) is 5.69 Å². The van der Waals surface area contributed by atoms with Crippen LogP contribution in [0, 0.1) is 0 Å². The van der Waals surface area contributed by atoms with Crippen LogP contribution in [-0.2, 0) is 0 Å². The van der Waals surface area contributed by atoms with Gasteiger partial charge in [-0.05, 0) is 0 Å².